The first-order valence-electron chi connectivity index (χ1n) is 4.48. The number of carbonyl (C=O) groups excluding carboxylic acids is 1. The Labute approximate surface area is 88.7 Å². The molecule has 3 rings (SSSR count). The van der Waals surface area contributed by atoms with E-state index in [1.165, 1.54) is 0 Å². The number of thiophene rings is 1. The SMILES string of the molecule is O=C(O)c1scc2c1NC(=O)C1(CC1)O2. The lowest BCUT2D eigenvalue weighted by atomic mass is 10.2. The molecule has 0 radical (unpaired) electrons. The lowest BCUT2D eigenvalue weighted by Crippen LogP contribution is -2.38. The summed E-state index contributed by atoms with van der Waals surface area (Å²) in [5, 5.41) is 13.1. The maximum atomic E-state index is 11.6. The molecule has 2 heterocycles. The van der Waals surface area contributed by atoms with Gasteiger partial charge in [-0.1, -0.05) is 0 Å². The van der Waals surface area contributed by atoms with E-state index in [1.54, 1.807) is 5.38 Å². The topological polar surface area (TPSA) is 75.6 Å². The van der Waals surface area contributed by atoms with E-state index in [-0.39, 0.29) is 10.8 Å². The first kappa shape index (κ1) is 8.72. The smallest absolute Gasteiger partial charge is 0.348 e. The number of rotatable bonds is 1. The molecule has 6 heteroatoms. The predicted molar refractivity (Wildman–Crippen MR) is 52.5 cm³/mol. The van der Waals surface area contributed by atoms with E-state index < -0.39 is 11.6 Å². The van der Waals surface area contributed by atoms with Crippen molar-refractivity contribution in [3.63, 3.8) is 0 Å². The van der Waals surface area contributed by atoms with Gasteiger partial charge in [0, 0.05) is 18.2 Å². The molecule has 15 heavy (non-hydrogen) atoms. The van der Waals surface area contributed by atoms with Crippen LogP contribution >= 0.6 is 11.3 Å². The van der Waals surface area contributed by atoms with Crippen LogP contribution in [-0.2, 0) is 4.79 Å². The first-order chi connectivity index (χ1) is 7.12. The second-order valence-corrected chi connectivity index (χ2v) is 4.54. The molecule has 2 aliphatic rings. The second-order valence-electron chi connectivity index (χ2n) is 3.66. The third kappa shape index (κ3) is 1.08. The maximum Gasteiger partial charge on any atom is 0.348 e. The number of amides is 1. The van der Waals surface area contributed by atoms with Crippen LogP contribution in [0, 0.1) is 0 Å². The molecule has 2 N–H and O–H groups in total. The average Bonchev–Trinajstić information content (AvgIpc) is 2.82. The zero-order valence-electron chi connectivity index (χ0n) is 7.57. The second kappa shape index (κ2) is 2.52. The van der Waals surface area contributed by atoms with Crippen LogP contribution in [0.3, 0.4) is 0 Å². The van der Waals surface area contributed by atoms with Gasteiger partial charge in [0.05, 0.1) is 0 Å². The summed E-state index contributed by atoms with van der Waals surface area (Å²) in [5.74, 6) is -0.790. The van der Waals surface area contributed by atoms with Crippen molar-refractivity contribution < 1.29 is 19.4 Å². The molecule has 1 fully saturated rings. The minimum absolute atomic E-state index is 0.119. The van der Waals surface area contributed by atoms with E-state index >= 15 is 0 Å². The Morgan fingerprint density at radius 2 is 2.33 bits per heavy atom. The number of carboxylic acid groups (broad SMARTS) is 1. The maximum absolute atomic E-state index is 11.6. The van der Waals surface area contributed by atoms with Crippen molar-refractivity contribution in [1.29, 1.82) is 0 Å². The lowest BCUT2D eigenvalue weighted by Gasteiger charge is -2.23. The van der Waals surface area contributed by atoms with Gasteiger partial charge >= 0.3 is 5.97 Å². The summed E-state index contributed by atoms with van der Waals surface area (Å²) in [6, 6.07) is 0. The van der Waals surface area contributed by atoms with Crippen LogP contribution in [0.2, 0.25) is 0 Å². The molecular formula is C9H7NO4S. The van der Waals surface area contributed by atoms with Gasteiger partial charge in [-0.3, -0.25) is 4.79 Å². The average molecular weight is 225 g/mol. The molecule has 0 atom stereocenters. The Morgan fingerprint density at radius 3 is 2.93 bits per heavy atom. The van der Waals surface area contributed by atoms with Gasteiger partial charge in [-0.15, -0.1) is 11.3 Å². The van der Waals surface area contributed by atoms with Crippen LogP contribution in [0.15, 0.2) is 5.38 Å². The first-order valence-corrected chi connectivity index (χ1v) is 5.36. The van der Waals surface area contributed by atoms with E-state index in [9.17, 15) is 9.59 Å². The molecule has 1 amide bonds. The largest absolute Gasteiger partial charge is 0.477 e. The fraction of sp³-hybridized carbons (Fsp3) is 0.333. The number of anilines is 1. The number of fused-ring (bicyclic) bond motifs is 1. The molecule has 1 aliphatic heterocycles. The highest BCUT2D eigenvalue weighted by Gasteiger charge is 2.56. The normalized spacial score (nSPS) is 20.4. The Morgan fingerprint density at radius 1 is 1.60 bits per heavy atom. The van der Waals surface area contributed by atoms with Crippen molar-refractivity contribution in [1.82, 2.24) is 0 Å². The summed E-state index contributed by atoms with van der Waals surface area (Å²) in [6.45, 7) is 0. The van der Waals surface area contributed by atoms with Gasteiger partial charge in [0.25, 0.3) is 5.91 Å². The quantitative estimate of drug-likeness (QED) is 0.755. The summed E-state index contributed by atoms with van der Waals surface area (Å²) >= 11 is 1.06. The van der Waals surface area contributed by atoms with Crippen molar-refractivity contribution in [2.45, 2.75) is 18.4 Å². The third-order valence-electron chi connectivity index (χ3n) is 2.61. The zero-order valence-corrected chi connectivity index (χ0v) is 8.39. The molecule has 1 aliphatic carbocycles. The fourth-order valence-electron chi connectivity index (χ4n) is 1.62. The van der Waals surface area contributed by atoms with Crippen LogP contribution in [0.25, 0.3) is 0 Å². The van der Waals surface area contributed by atoms with Gasteiger partial charge in [-0.25, -0.2) is 4.79 Å². The Bertz CT molecular complexity index is 474. The molecular weight excluding hydrogens is 218 g/mol. The Kier molecular flexibility index (Phi) is 1.46. The highest BCUT2D eigenvalue weighted by molar-refractivity contribution is 7.13. The minimum Gasteiger partial charge on any atom is -0.477 e. The molecule has 1 aromatic heterocycles. The number of hydrogen-bond donors (Lipinski definition) is 2. The minimum atomic E-state index is -1.04. The van der Waals surface area contributed by atoms with Gasteiger partial charge in [0.15, 0.2) is 11.4 Å². The molecule has 0 aromatic carbocycles. The van der Waals surface area contributed by atoms with Crippen LogP contribution < -0.4 is 10.1 Å². The van der Waals surface area contributed by atoms with E-state index in [0.717, 1.165) is 11.3 Å². The summed E-state index contributed by atoms with van der Waals surface area (Å²) in [6.07, 6.45) is 1.41. The number of carboxylic acids is 1. The van der Waals surface area contributed by atoms with Crippen LogP contribution in [0.1, 0.15) is 22.5 Å². The number of hydrogen-bond acceptors (Lipinski definition) is 4. The Balaban J connectivity index is 2.06. The lowest BCUT2D eigenvalue weighted by molar-refractivity contribution is -0.125. The molecule has 78 valence electrons. The van der Waals surface area contributed by atoms with Crippen molar-refractivity contribution in [3.8, 4) is 5.75 Å². The monoisotopic (exact) mass is 225 g/mol. The zero-order chi connectivity index (χ0) is 10.6. The van der Waals surface area contributed by atoms with E-state index in [1.807, 2.05) is 0 Å². The standard InChI is InChI=1S/C9H7NO4S/c11-7(12)6-5-4(3-15-6)14-9(1-2-9)8(13)10-5/h3H,1-2H2,(H,10,13)(H,11,12). The molecule has 1 saturated carbocycles. The van der Waals surface area contributed by atoms with Crippen molar-refractivity contribution in [2.24, 2.45) is 0 Å². The molecule has 1 spiro atoms. The van der Waals surface area contributed by atoms with Crippen molar-refractivity contribution in [3.05, 3.63) is 10.3 Å². The highest BCUT2D eigenvalue weighted by atomic mass is 32.1. The van der Waals surface area contributed by atoms with Gasteiger partial charge in [0.1, 0.15) is 10.6 Å². The summed E-state index contributed by atoms with van der Waals surface area (Å²) in [5.41, 5.74) is -0.404. The molecule has 0 saturated heterocycles. The molecule has 5 nitrogen and oxygen atoms in total. The molecule has 0 unspecified atom stereocenters. The van der Waals surface area contributed by atoms with Crippen molar-refractivity contribution in [2.75, 3.05) is 5.32 Å². The van der Waals surface area contributed by atoms with Gasteiger partial charge in [-0.05, 0) is 0 Å². The van der Waals surface area contributed by atoms with Gasteiger partial charge in [0.2, 0.25) is 0 Å². The number of ether oxygens (including phenoxy) is 1. The van der Waals surface area contributed by atoms with Crippen molar-refractivity contribution >= 4 is 28.9 Å². The third-order valence-corrected chi connectivity index (χ3v) is 3.56. The van der Waals surface area contributed by atoms with E-state index in [4.69, 9.17) is 9.84 Å². The number of carbonyl (C=O) groups is 2. The number of aromatic carboxylic acids is 1. The number of nitrogens with one attached hydrogen (secondary N) is 1. The molecule has 1 aromatic rings. The fourth-order valence-corrected chi connectivity index (χ4v) is 2.38. The van der Waals surface area contributed by atoms with E-state index in [2.05, 4.69) is 5.32 Å². The Hall–Kier alpha value is -1.56. The van der Waals surface area contributed by atoms with Gasteiger partial charge in [-0.2, -0.15) is 0 Å². The predicted octanol–water partition coefficient (Wildman–Crippen LogP) is 1.31. The summed E-state index contributed by atoms with van der Waals surface area (Å²) < 4.78 is 5.51. The summed E-state index contributed by atoms with van der Waals surface area (Å²) in [4.78, 5) is 22.5. The van der Waals surface area contributed by atoms with Crippen LogP contribution in [-0.4, -0.2) is 22.6 Å². The van der Waals surface area contributed by atoms with Crippen LogP contribution in [0.4, 0.5) is 5.69 Å². The van der Waals surface area contributed by atoms with E-state index in [0.29, 0.717) is 24.3 Å². The molecule has 0 bridgehead atoms. The highest BCUT2D eigenvalue weighted by Crippen LogP contribution is 2.49. The van der Waals surface area contributed by atoms with Crippen LogP contribution in [0.5, 0.6) is 5.75 Å². The van der Waals surface area contributed by atoms with Gasteiger partial charge < -0.3 is 15.2 Å². The summed E-state index contributed by atoms with van der Waals surface area (Å²) in [7, 11) is 0.